The molecule has 1 aliphatic rings. The molecule has 1 amide bonds. The van der Waals surface area contributed by atoms with Crippen molar-refractivity contribution < 1.29 is 14.3 Å². The Morgan fingerprint density at radius 3 is 2.03 bits per heavy atom. The quantitative estimate of drug-likeness (QED) is 0.230. The minimum atomic E-state index is -0.669. The second-order valence-corrected chi connectivity index (χ2v) is 15.1. The predicted octanol–water partition coefficient (Wildman–Crippen LogP) is 5.73. The first-order valence-electron chi connectivity index (χ1n) is 12.2. The van der Waals surface area contributed by atoms with Crippen LogP contribution in [-0.4, -0.2) is 67.6 Å². The van der Waals surface area contributed by atoms with Gasteiger partial charge >= 0.3 is 197 Å². The Bertz CT molecular complexity index is 474. The standard InChI is InChI=1S/C13H27.C11H21N2O3.Sn/c1-4-7-10-13(11-8-5-2)12-9-6-3;1-10(2,3)16-9(14)13-6-5-11(12,7-13)8-15-4;/h4-12H2,1-3H3;4-8,12H2,1-3H3;. The van der Waals surface area contributed by atoms with Crippen molar-refractivity contribution in [2.45, 2.75) is 120 Å². The van der Waals surface area contributed by atoms with E-state index in [1.807, 2.05) is 20.8 Å². The topological polar surface area (TPSA) is 64.8 Å². The maximum atomic E-state index is 12.3. The summed E-state index contributed by atoms with van der Waals surface area (Å²) in [5.74, 6) is 0. The molecule has 6 heteroatoms. The van der Waals surface area contributed by atoms with E-state index in [2.05, 4.69) is 20.8 Å². The Hall–Kier alpha value is -0.0113. The van der Waals surface area contributed by atoms with Crippen LogP contribution in [0, 0.1) is 0 Å². The summed E-state index contributed by atoms with van der Waals surface area (Å²) in [6.07, 6.45) is 12.6. The van der Waals surface area contributed by atoms with Crippen LogP contribution in [-0.2, 0) is 9.47 Å². The molecule has 0 aliphatic carbocycles. The van der Waals surface area contributed by atoms with Gasteiger partial charge in [0, 0.05) is 0 Å². The number of likely N-dealkylation sites (tertiary alicyclic amines) is 1. The third-order valence-electron chi connectivity index (χ3n) is 6.00. The zero-order valence-electron chi connectivity index (χ0n) is 20.6. The van der Waals surface area contributed by atoms with Crippen molar-refractivity contribution in [3.63, 3.8) is 0 Å². The molecular formula is C24H48N2O3Sn. The predicted molar refractivity (Wildman–Crippen MR) is 127 cm³/mol. The molecule has 1 heterocycles. The molecule has 5 nitrogen and oxygen atoms in total. The fraction of sp³-hybridized carbons (Fsp3) is 0.958. The Labute approximate surface area is 196 Å². The number of hydrogen-bond donors (Lipinski definition) is 1. The molecule has 0 bridgehead atoms. The summed E-state index contributed by atoms with van der Waals surface area (Å²) in [6, 6.07) is 0. The van der Waals surface area contributed by atoms with Crippen LogP contribution < -0.4 is 5.73 Å². The molecule has 2 radical (unpaired) electrons. The fourth-order valence-corrected chi connectivity index (χ4v) is 8.62. The van der Waals surface area contributed by atoms with Crippen LogP contribution in [0.1, 0.15) is 106 Å². The molecule has 1 atom stereocenters. The first-order valence-corrected chi connectivity index (χ1v) is 15.6. The van der Waals surface area contributed by atoms with Gasteiger partial charge < -0.3 is 0 Å². The number of carbonyl (C=O) groups excluding carboxylic acids is 1. The summed E-state index contributed by atoms with van der Waals surface area (Å²) < 4.78 is 13.2. The third kappa shape index (κ3) is 10.5. The fourth-order valence-electron chi connectivity index (χ4n) is 4.14. The Balaban J connectivity index is 2.55. The molecule has 1 unspecified atom stereocenters. The summed E-state index contributed by atoms with van der Waals surface area (Å²) in [7, 11) is 0. The van der Waals surface area contributed by atoms with E-state index < -0.39 is 32.3 Å². The Morgan fingerprint density at radius 2 is 1.57 bits per heavy atom. The van der Waals surface area contributed by atoms with Gasteiger partial charge in [-0.2, -0.15) is 0 Å². The summed E-state index contributed by atoms with van der Waals surface area (Å²) >= 11 is -0.669. The number of nitrogens with two attached hydrogens (primary N) is 1. The van der Waals surface area contributed by atoms with Gasteiger partial charge in [-0.15, -0.1) is 0 Å². The average Bonchev–Trinajstić information content (AvgIpc) is 3.07. The SMILES string of the molecule is CCCC[C](CCCC)(CCCC)[Sn][CH2]OCC1(N)CCN(C(=O)OC(C)(C)C)C1. The minimum absolute atomic E-state index is 0.260. The van der Waals surface area contributed by atoms with Crippen LogP contribution in [0.3, 0.4) is 0 Å². The molecule has 0 aromatic heterocycles. The van der Waals surface area contributed by atoms with E-state index in [9.17, 15) is 4.79 Å². The second kappa shape index (κ2) is 13.5. The van der Waals surface area contributed by atoms with Gasteiger partial charge in [0.2, 0.25) is 0 Å². The second-order valence-electron chi connectivity index (χ2n) is 10.3. The zero-order chi connectivity index (χ0) is 22.7. The van der Waals surface area contributed by atoms with Crippen LogP contribution in [0.5, 0.6) is 0 Å². The first-order chi connectivity index (χ1) is 14.1. The number of hydrogen-bond acceptors (Lipinski definition) is 4. The van der Waals surface area contributed by atoms with Crippen LogP contribution in [0.2, 0.25) is 3.43 Å². The molecule has 0 aromatic rings. The molecule has 176 valence electrons. The summed E-state index contributed by atoms with van der Waals surface area (Å²) in [4.78, 5) is 14.1. The van der Waals surface area contributed by atoms with Gasteiger partial charge in [0.05, 0.1) is 0 Å². The van der Waals surface area contributed by atoms with Crippen LogP contribution in [0.15, 0.2) is 0 Å². The number of nitrogens with zero attached hydrogens (tertiary/aromatic N) is 1. The monoisotopic (exact) mass is 532 g/mol. The molecule has 0 aromatic carbocycles. The molecule has 1 saturated heterocycles. The van der Waals surface area contributed by atoms with Crippen LogP contribution in [0.25, 0.3) is 0 Å². The Kier molecular flexibility index (Phi) is 12.6. The molecular weight excluding hydrogens is 483 g/mol. The maximum absolute atomic E-state index is 12.3. The number of ether oxygens (including phenoxy) is 2. The molecule has 0 saturated carbocycles. The van der Waals surface area contributed by atoms with Gasteiger partial charge in [0.15, 0.2) is 0 Å². The third-order valence-corrected chi connectivity index (χ3v) is 11.3. The van der Waals surface area contributed by atoms with E-state index in [0.717, 1.165) is 11.0 Å². The normalized spacial score (nSPS) is 20.0. The van der Waals surface area contributed by atoms with E-state index in [-0.39, 0.29) is 6.09 Å². The van der Waals surface area contributed by atoms with Crippen molar-refractivity contribution in [3.8, 4) is 0 Å². The van der Waals surface area contributed by atoms with E-state index in [4.69, 9.17) is 15.2 Å². The molecule has 1 aliphatic heterocycles. The van der Waals surface area contributed by atoms with Gasteiger partial charge in [-0.25, -0.2) is 0 Å². The summed E-state index contributed by atoms with van der Waals surface area (Å²) in [5.41, 5.74) is 5.68. The molecule has 1 rings (SSSR count). The van der Waals surface area contributed by atoms with Gasteiger partial charge in [-0.1, -0.05) is 0 Å². The summed E-state index contributed by atoms with van der Waals surface area (Å²) in [6.45, 7) is 14.3. The van der Waals surface area contributed by atoms with Gasteiger partial charge in [-0.3, -0.25) is 0 Å². The van der Waals surface area contributed by atoms with Gasteiger partial charge in [-0.05, 0) is 0 Å². The van der Waals surface area contributed by atoms with Crippen molar-refractivity contribution in [3.05, 3.63) is 0 Å². The first kappa shape index (κ1) is 28.0. The van der Waals surface area contributed by atoms with Crippen molar-refractivity contribution in [2.24, 2.45) is 5.73 Å². The molecule has 2 N–H and O–H groups in total. The zero-order valence-corrected chi connectivity index (χ0v) is 23.5. The van der Waals surface area contributed by atoms with E-state index in [0.29, 0.717) is 23.1 Å². The van der Waals surface area contributed by atoms with Gasteiger partial charge in [0.1, 0.15) is 0 Å². The molecule has 1 fully saturated rings. The molecule has 30 heavy (non-hydrogen) atoms. The van der Waals surface area contributed by atoms with Crippen molar-refractivity contribution >= 4 is 27.2 Å². The van der Waals surface area contributed by atoms with E-state index in [1.165, 1.54) is 57.8 Å². The van der Waals surface area contributed by atoms with Crippen LogP contribution >= 0.6 is 0 Å². The summed E-state index contributed by atoms with van der Waals surface area (Å²) in [5, 5.41) is 0. The number of carbonyl (C=O) groups is 1. The van der Waals surface area contributed by atoms with Crippen LogP contribution in [0.4, 0.5) is 4.79 Å². The number of amides is 1. The average molecular weight is 531 g/mol. The van der Waals surface area contributed by atoms with Crippen molar-refractivity contribution in [2.75, 3.05) is 24.3 Å². The number of rotatable bonds is 14. The van der Waals surface area contributed by atoms with E-state index in [1.54, 1.807) is 4.90 Å². The van der Waals surface area contributed by atoms with Gasteiger partial charge in [0.25, 0.3) is 0 Å². The Morgan fingerprint density at radius 1 is 1.03 bits per heavy atom. The van der Waals surface area contributed by atoms with Crippen molar-refractivity contribution in [1.82, 2.24) is 4.90 Å². The number of unbranched alkanes of at least 4 members (excludes halogenated alkanes) is 3. The molecule has 0 spiro atoms. The van der Waals surface area contributed by atoms with Crippen molar-refractivity contribution in [1.29, 1.82) is 0 Å². The van der Waals surface area contributed by atoms with E-state index >= 15 is 0 Å².